The van der Waals surface area contributed by atoms with Crippen LogP contribution in [0, 0.1) is 11.3 Å². The van der Waals surface area contributed by atoms with Crippen LogP contribution in [0.5, 0.6) is 0 Å². The van der Waals surface area contributed by atoms with Gasteiger partial charge in [0.2, 0.25) is 0 Å². The summed E-state index contributed by atoms with van der Waals surface area (Å²) < 4.78 is 1.48. The molecule has 168 valence electrons. The number of nitrogens with zero attached hydrogens (tertiary/aromatic N) is 2. The fourth-order valence-corrected chi connectivity index (χ4v) is 3.73. The maximum Gasteiger partial charge on any atom is 0.353 e. The zero-order chi connectivity index (χ0) is 24.0. The first kappa shape index (κ1) is 28.3. The zero-order valence-corrected chi connectivity index (χ0v) is 20.9. The maximum atomic E-state index is 11.6. The van der Waals surface area contributed by atoms with Gasteiger partial charge in [-0.05, 0) is 41.2 Å². The Hall–Kier alpha value is -2.71. The largest absolute Gasteiger partial charge is 0.477 e. The van der Waals surface area contributed by atoms with Gasteiger partial charge < -0.3 is 9.67 Å². The number of hydrogen-bond donors (Lipinski definition) is 1. The summed E-state index contributed by atoms with van der Waals surface area (Å²) in [5, 5.41) is 18.9. The van der Waals surface area contributed by atoms with E-state index in [0.717, 1.165) is 17.5 Å². The van der Waals surface area contributed by atoms with Gasteiger partial charge in [-0.15, -0.1) is 11.8 Å². The molecule has 31 heavy (non-hydrogen) atoms. The first-order chi connectivity index (χ1) is 14.9. The van der Waals surface area contributed by atoms with E-state index in [1.54, 1.807) is 25.0 Å². The van der Waals surface area contributed by atoms with Gasteiger partial charge >= 0.3 is 5.97 Å². The third-order valence-corrected chi connectivity index (χ3v) is 5.19. The number of carbonyl (C=O) groups is 1. The highest BCUT2D eigenvalue weighted by molar-refractivity contribution is 8.02. The lowest BCUT2D eigenvalue weighted by molar-refractivity contribution is 0.0687. The predicted molar refractivity (Wildman–Crippen MR) is 135 cm³/mol. The Morgan fingerprint density at radius 2 is 1.74 bits per heavy atom. The van der Waals surface area contributed by atoms with Crippen molar-refractivity contribution in [1.82, 2.24) is 4.57 Å². The van der Waals surface area contributed by atoms with Crippen LogP contribution >= 0.6 is 11.8 Å². The van der Waals surface area contributed by atoms with Crippen molar-refractivity contribution >= 4 is 23.3 Å². The van der Waals surface area contributed by atoms with E-state index in [0.29, 0.717) is 11.1 Å². The zero-order valence-electron chi connectivity index (χ0n) is 20.1. The molecular formula is C26H36N2O2S. The number of aromatic nitrogens is 1. The van der Waals surface area contributed by atoms with Crippen LogP contribution in [0.15, 0.2) is 47.5 Å². The van der Waals surface area contributed by atoms with Crippen molar-refractivity contribution in [2.24, 2.45) is 7.05 Å². The number of carboxylic acids is 1. The molecule has 4 nitrogen and oxygen atoms in total. The minimum atomic E-state index is -1.04. The summed E-state index contributed by atoms with van der Waals surface area (Å²) in [6.45, 7) is 12.4. The van der Waals surface area contributed by atoms with E-state index in [9.17, 15) is 15.2 Å². The van der Waals surface area contributed by atoms with E-state index in [-0.39, 0.29) is 5.69 Å². The monoisotopic (exact) mass is 440 g/mol. The number of benzene rings is 1. The van der Waals surface area contributed by atoms with Crippen molar-refractivity contribution in [2.45, 2.75) is 54.4 Å². The lowest BCUT2D eigenvalue weighted by Crippen LogP contribution is -2.05. The van der Waals surface area contributed by atoms with E-state index < -0.39 is 5.97 Å². The Bertz CT molecular complexity index is 924. The lowest BCUT2D eigenvalue weighted by Gasteiger charge is -2.11. The molecule has 5 heteroatoms. The summed E-state index contributed by atoms with van der Waals surface area (Å²) in [4.78, 5) is 12.9. The Kier molecular flexibility index (Phi) is 13.8. The molecule has 0 spiro atoms. The smallest absolute Gasteiger partial charge is 0.353 e. The SMILES string of the molecule is C/C=C\C(=C(/CC)SC)c1ccc(-c2c(C#N)cn(C)c2C(=O)O)cc1.CC.CCC. The third kappa shape index (κ3) is 7.48. The molecule has 2 aromatic rings. The number of aromatic carboxylic acids is 1. The number of aryl methyl sites for hydroxylation is 1. The molecule has 1 heterocycles. The molecule has 0 fully saturated rings. The van der Waals surface area contributed by atoms with Gasteiger partial charge in [0.15, 0.2) is 0 Å². The minimum Gasteiger partial charge on any atom is -0.477 e. The standard InChI is InChI=1S/C21H22N2O2S.C3H8.C2H6/c1-5-7-17(18(6-2)26-4)14-8-10-15(11-9-14)19-16(12-22)13-23(3)20(19)21(24)25;1-3-2;1-2/h5,7-11,13H,6H2,1-4H3,(H,24,25);3H2,1-2H3;1-2H3/b7-5-,18-17-;;. The van der Waals surface area contributed by atoms with Crippen molar-refractivity contribution in [3.05, 3.63) is 64.3 Å². The van der Waals surface area contributed by atoms with Gasteiger partial charge in [-0.2, -0.15) is 5.26 Å². The van der Waals surface area contributed by atoms with Crippen molar-refractivity contribution < 1.29 is 9.90 Å². The molecule has 0 aliphatic carbocycles. The number of thioether (sulfide) groups is 1. The molecule has 0 saturated heterocycles. The Morgan fingerprint density at radius 3 is 2.13 bits per heavy atom. The highest BCUT2D eigenvalue weighted by Gasteiger charge is 2.21. The summed E-state index contributed by atoms with van der Waals surface area (Å²) in [5.41, 5.74) is 3.92. The second kappa shape index (κ2) is 15.1. The van der Waals surface area contributed by atoms with Gasteiger partial charge in [-0.25, -0.2) is 4.79 Å². The van der Waals surface area contributed by atoms with Crippen LogP contribution in [0.2, 0.25) is 0 Å². The van der Waals surface area contributed by atoms with Crippen LogP contribution in [-0.4, -0.2) is 21.9 Å². The van der Waals surface area contributed by atoms with Crippen molar-refractivity contribution in [2.75, 3.05) is 6.26 Å². The molecule has 1 aromatic heterocycles. The molecule has 0 bridgehead atoms. The van der Waals surface area contributed by atoms with E-state index in [1.807, 2.05) is 51.1 Å². The predicted octanol–water partition coefficient (Wildman–Crippen LogP) is 7.76. The summed E-state index contributed by atoms with van der Waals surface area (Å²) in [6, 6.07) is 9.83. The van der Waals surface area contributed by atoms with Crippen LogP contribution in [-0.2, 0) is 7.05 Å². The number of carboxylic acid groups (broad SMARTS) is 1. The molecule has 0 amide bonds. The van der Waals surface area contributed by atoms with Gasteiger partial charge in [0.05, 0.1) is 5.56 Å². The summed E-state index contributed by atoms with van der Waals surface area (Å²) >= 11 is 1.73. The molecule has 1 aromatic carbocycles. The number of allylic oxidation sites excluding steroid dienone is 4. The fourth-order valence-electron chi connectivity index (χ4n) is 3.04. The molecule has 0 saturated carbocycles. The van der Waals surface area contributed by atoms with Gasteiger partial charge in [0.1, 0.15) is 11.8 Å². The van der Waals surface area contributed by atoms with E-state index in [4.69, 9.17) is 0 Å². The second-order valence-electron chi connectivity index (χ2n) is 6.47. The normalized spacial score (nSPS) is 10.9. The van der Waals surface area contributed by atoms with E-state index in [1.165, 1.54) is 21.5 Å². The first-order valence-corrected chi connectivity index (χ1v) is 12.0. The summed E-state index contributed by atoms with van der Waals surface area (Å²) in [5.74, 6) is -1.04. The topological polar surface area (TPSA) is 66.0 Å². The van der Waals surface area contributed by atoms with E-state index >= 15 is 0 Å². The van der Waals surface area contributed by atoms with Crippen LogP contribution in [0.4, 0.5) is 0 Å². The summed E-state index contributed by atoms with van der Waals surface area (Å²) in [6.07, 6.45) is 9.93. The highest BCUT2D eigenvalue weighted by Crippen LogP contribution is 2.33. The molecular weight excluding hydrogens is 404 g/mol. The van der Waals surface area contributed by atoms with Crippen molar-refractivity contribution in [3.8, 4) is 17.2 Å². The average Bonchev–Trinajstić information content (AvgIpc) is 3.12. The quantitative estimate of drug-likeness (QED) is 0.466. The van der Waals surface area contributed by atoms with Gasteiger partial charge in [-0.3, -0.25) is 0 Å². The fraction of sp³-hybridized carbons (Fsp3) is 0.385. The molecule has 0 atom stereocenters. The molecule has 0 radical (unpaired) electrons. The van der Waals surface area contributed by atoms with E-state index in [2.05, 4.69) is 39.2 Å². The molecule has 0 aliphatic heterocycles. The Balaban J connectivity index is 0.00000165. The van der Waals surface area contributed by atoms with Gasteiger partial charge in [0.25, 0.3) is 0 Å². The first-order valence-electron chi connectivity index (χ1n) is 10.7. The third-order valence-electron chi connectivity index (χ3n) is 4.19. The van der Waals surface area contributed by atoms with Crippen LogP contribution in [0.25, 0.3) is 16.7 Å². The summed E-state index contributed by atoms with van der Waals surface area (Å²) in [7, 11) is 1.64. The second-order valence-corrected chi connectivity index (χ2v) is 7.37. The van der Waals surface area contributed by atoms with Gasteiger partial charge in [0, 0.05) is 18.8 Å². The van der Waals surface area contributed by atoms with Gasteiger partial charge in [-0.1, -0.05) is 77.5 Å². The molecule has 0 aliphatic rings. The number of hydrogen-bond acceptors (Lipinski definition) is 3. The average molecular weight is 441 g/mol. The number of nitriles is 1. The molecule has 0 unspecified atom stereocenters. The Morgan fingerprint density at radius 1 is 1.19 bits per heavy atom. The van der Waals surface area contributed by atoms with Crippen LogP contribution < -0.4 is 0 Å². The lowest BCUT2D eigenvalue weighted by atomic mass is 9.97. The maximum absolute atomic E-state index is 11.6. The molecule has 2 rings (SSSR count). The molecule has 1 N–H and O–H groups in total. The van der Waals surface area contributed by atoms with Crippen molar-refractivity contribution in [3.63, 3.8) is 0 Å². The van der Waals surface area contributed by atoms with Crippen LogP contribution in [0.1, 0.15) is 76.0 Å². The minimum absolute atomic E-state index is 0.122. The van der Waals surface area contributed by atoms with Crippen molar-refractivity contribution in [1.29, 1.82) is 5.26 Å². The number of rotatable bonds is 6. The highest BCUT2D eigenvalue weighted by atomic mass is 32.2. The Labute approximate surface area is 192 Å². The van der Waals surface area contributed by atoms with Crippen LogP contribution in [0.3, 0.4) is 0 Å².